The van der Waals surface area contributed by atoms with Gasteiger partial charge in [-0.15, -0.1) is 0 Å². The molecule has 0 spiro atoms. The van der Waals surface area contributed by atoms with Gasteiger partial charge in [0, 0.05) is 104 Å². The standard InChI is InChI=1S/C78H78B2N6/c1-9-29-55(30-10-1)81(56-31-11-2-12-32-56)63-49-73-77-75(51-63)85(61-41-21-7-22-42-61)71-54-72-68(53-67(71)79(77)65-45-25-27-47-69(65)83(73)59-37-17-5-18-38-59)80-66-46-26-28-48-70(66)84(60-39-19-6-20-40-60)74-50-64(52-76(78(74)80)86(72)62-43-23-8-24-44-62)82(57-33-13-3-14-34-57)58-35-15-4-16-36-58/h5-8,17-28,37-58H,1-4,9-16,29-36H2. The van der Waals surface area contributed by atoms with Crippen molar-refractivity contribution in [2.45, 2.75) is 153 Å². The molecule has 0 amide bonds. The van der Waals surface area contributed by atoms with Gasteiger partial charge in [-0.25, -0.2) is 0 Å². The molecule has 4 heterocycles. The molecule has 9 aromatic rings. The lowest BCUT2D eigenvalue weighted by Crippen LogP contribution is -2.65. The summed E-state index contributed by atoms with van der Waals surface area (Å²) in [6.07, 6.45) is 26.0. The van der Waals surface area contributed by atoms with E-state index in [1.807, 2.05) is 0 Å². The number of hydrogen-bond donors (Lipinski definition) is 0. The van der Waals surface area contributed by atoms with E-state index in [1.54, 1.807) is 0 Å². The van der Waals surface area contributed by atoms with Crippen LogP contribution in [0.15, 0.2) is 206 Å². The van der Waals surface area contributed by atoms with Crippen LogP contribution in [0.4, 0.5) is 79.6 Å². The molecule has 9 aromatic carbocycles. The third-order valence-electron chi connectivity index (χ3n) is 21.6. The third-order valence-corrected chi connectivity index (χ3v) is 21.6. The highest BCUT2D eigenvalue weighted by molar-refractivity contribution is 7.03. The molecule has 17 rings (SSSR count). The zero-order valence-electron chi connectivity index (χ0n) is 49.9. The first kappa shape index (κ1) is 52.3. The Balaban J connectivity index is 0.966. The molecule has 4 fully saturated rings. The summed E-state index contributed by atoms with van der Waals surface area (Å²) in [4.78, 5) is 16.7. The van der Waals surface area contributed by atoms with Gasteiger partial charge in [0.15, 0.2) is 0 Å². The van der Waals surface area contributed by atoms with Crippen molar-refractivity contribution in [2.75, 3.05) is 29.4 Å². The normalized spacial score (nSPS) is 18.4. The maximum Gasteiger partial charge on any atom is 0.252 e. The summed E-state index contributed by atoms with van der Waals surface area (Å²) < 4.78 is 0. The van der Waals surface area contributed by atoms with Crippen molar-refractivity contribution < 1.29 is 0 Å². The molecule has 0 aromatic heterocycles. The highest BCUT2D eigenvalue weighted by Gasteiger charge is 2.49. The van der Waals surface area contributed by atoms with Gasteiger partial charge in [-0.3, -0.25) is 0 Å². The first-order valence-electron chi connectivity index (χ1n) is 33.4. The van der Waals surface area contributed by atoms with Crippen LogP contribution in [-0.2, 0) is 0 Å². The molecule has 0 atom stereocenters. The van der Waals surface area contributed by atoms with E-state index in [0.29, 0.717) is 24.2 Å². The fourth-order valence-electron chi connectivity index (χ4n) is 18.0. The Labute approximate surface area is 511 Å². The SMILES string of the molecule is c1ccc(N2c3ccccc3B3c4cc5c(cc4N(c4ccccc4)c4cc(N(C6CCCCC6)C6CCCCC6)cc2c43)N(c2ccccc2)c2cc(N(C3CCCCC3)C3CCCCC3)cc3c2B5c2ccccc2N3c2ccccc2)cc1. The molecule has 4 aliphatic heterocycles. The van der Waals surface area contributed by atoms with E-state index < -0.39 is 0 Å². The van der Waals surface area contributed by atoms with Crippen molar-refractivity contribution in [2.24, 2.45) is 0 Å². The number of benzene rings is 9. The van der Waals surface area contributed by atoms with Gasteiger partial charge in [-0.2, -0.15) is 0 Å². The van der Waals surface area contributed by atoms with Crippen molar-refractivity contribution in [3.05, 3.63) is 206 Å². The minimum Gasteiger partial charge on any atom is -0.365 e. The number of rotatable bonds is 10. The van der Waals surface area contributed by atoms with Crippen molar-refractivity contribution in [3.8, 4) is 0 Å². The second-order valence-corrected chi connectivity index (χ2v) is 26.4. The van der Waals surface area contributed by atoms with E-state index in [0.717, 1.165) is 0 Å². The number of fused-ring (bicyclic) bond motifs is 8. The van der Waals surface area contributed by atoms with E-state index in [2.05, 4.69) is 236 Å². The minimum atomic E-state index is -0.0316. The topological polar surface area (TPSA) is 19.4 Å². The molecular weight excluding hydrogens is 1040 g/mol. The van der Waals surface area contributed by atoms with Gasteiger partial charge < -0.3 is 29.4 Å². The summed E-state index contributed by atoms with van der Waals surface area (Å²) in [6.45, 7) is -0.0631. The Morgan fingerprint density at radius 2 is 0.512 bits per heavy atom. The first-order chi connectivity index (χ1) is 42.7. The molecule has 8 heteroatoms. The largest absolute Gasteiger partial charge is 0.365 e. The molecule has 4 saturated carbocycles. The molecule has 0 saturated heterocycles. The zero-order chi connectivity index (χ0) is 56.7. The molecule has 0 N–H and O–H groups in total. The van der Waals surface area contributed by atoms with Crippen LogP contribution in [0.25, 0.3) is 0 Å². The second-order valence-electron chi connectivity index (χ2n) is 26.4. The Kier molecular flexibility index (Phi) is 13.4. The smallest absolute Gasteiger partial charge is 0.252 e. The summed E-state index contributed by atoms with van der Waals surface area (Å²) in [5, 5.41) is 0. The van der Waals surface area contributed by atoms with E-state index in [4.69, 9.17) is 0 Å². The molecule has 0 bridgehead atoms. The van der Waals surface area contributed by atoms with Gasteiger partial charge in [0.2, 0.25) is 0 Å². The van der Waals surface area contributed by atoms with E-state index in [9.17, 15) is 0 Å². The van der Waals surface area contributed by atoms with Gasteiger partial charge in [0.05, 0.1) is 0 Å². The van der Waals surface area contributed by atoms with Crippen LogP contribution in [0.1, 0.15) is 128 Å². The maximum atomic E-state index is 2.99. The molecular formula is C78H78B2N6. The van der Waals surface area contributed by atoms with Crippen LogP contribution in [0.3, 0.4) is 0 Å². The van der Waals surface area contributed by atoms with Gasteiger partial charge in [-0.05, 0) is 175 Å². The lowest BCUT2D eigenvalue weighted by molar-refractivity contribution is 0.340. The average molecular weight is 1120 g/mol. The van der Waals surface area contributed by atoms with E-state index in [1.165, 1.54) is 241 Å². The monoisotopic (exact) mass is 1120 g/mol. The van der Waals surface area contributed by atoms with Crippen LogP contribution < -0.4 is 62.2 Å². The first-order valence-corrected chi connectivity index (χ1v) is 33.4. The maximum absolute atomic E-state index is 2.99. The van der Waals surface area contributed by atoms with Crippen molar-refractivity contribution in [1.82, 2.24) is 0 Å². The predicted molar refractivity (Wildman–Crippen MR) is 367 cm³/mol. The molecule has 6 nitrogen and oxygen atoms in total. The Morgan fingerprint density at radius 1 is 0.244 bits per heavy atom. The fourth-order valence-corrected chi connectivity index (χ4v) is 18.0. The summed E-state index contributed by atoms with van der Waals surface area (Å²) in [6, 6.07) is 82.6. The third kappa shape index (κ3) is 8.65. The highest BCUT2D eigenvalue weighted by atomic mass is 15.2. The van der Waals surface area contributed by atoms with Crippen LogP contribution in [-0.4, -0.2) is 37.6 Å². The minimum absolute atomic E-state index is 0.0316. The highest BCUT2D eigenvalue weighted by Crippen LogP contribution is 2.52. The Bertz CT molecular complexity index is 3660. The van der Waals surface area contributed by atoms with Crippen molar-refractivity contribution in [3.63, 3.8) is 0 Å². The quantitative estimate of drug-likeness (QED) is 0.126. The van der Waals surface area contributed by atoms with Crippen molar-refractivity contribution in [1.29, 1.82) is 0 Å². The Morgan fingerprint density at radius 3 is 0.814 bits per heavy atom. The second kappa shape index (κ2) is 22.0. The summed E-state index contributed by atoms with van der Waals surface area (Å²) in [7, 11) is 0. The molecule has 86 heavy (non-hydrogen) atoms. The zero-order valence-corrected chi connectivity index (χ0v) is 49.9. The molecule has 4 aliphatic carbocycles. The van der Waals surface area contributed by atoms with E-state index >= 15 is 0 Å². The predicted octanol–water partition coefficient (Wildman–Crippen LogP) is 16.8. The number of para-hydroxylation sites is 6. The lowest BCUT2D eigenvalue weighted by Gasteiger charge is -2.49. The summed E-state index contributed by atoms with van der Waals surface area (Å²) >= 11 is 0. The molecule has 426 valence electrons. The fraction of sp³-hybridized carbons (Fsp3) is 0.308. The summed E-state index contributed by atoms with van der Waals surface area (Å²) in [5.41, 5.74) is 26.1. The van der Waals surface area contributed by atoms with Gasteiger partial charge in [0.1, 0.15) is 0 Å². The number of hydrogen-bond acceptors (Lipinski definition) is 6. The Hall–Kier alpha value is -8.09. The van der Waals surface area contributed by atoms with Gasteiger partial charge >= 0.3 is 0 Å². The average Bonchev–Trinajstić information content (AvgIpc) is 0.705. The van der Waals surface area contributed by atoms with Gasteiger partial charge in [-0.1, -0.05) is 192 Å². The number of anilines is 14. The van der Waals surface area contributed by atoms with Crippen molar-refractivity contribution >= 4 is 126 Å². The number of nitrogens with zero attached hydrogens (tertiary/aromatic N) is 6. The lowest BCUT2D eigenvalue weighted by atomic mass is 9.30. The molecule has 0 radical (unpaired) electrons. The molecule has 0 unspecified atom stereocenters. The van der Waals surface area contributed by atoms with E-state index in [-0.39, 0.29) is 13.4 Å². The summed E-state index contributed by atoms with van der Waals surface area (Å²) in [5.74, 6) is 0. The van der Waals surface area contributed by atoms with Crippen LogP contribution in [0.2, 0.25) is 0 Å². The van der Waals surface area contributed by atoms with Crippen LogP contribution in [0, 0.1) is 0 Å². The van der Waals surface area contributed by atoms with Crippen LogP contribution in [0.5, 0.6) is 0 Å². The van der Waals surface area contributed by atoms with Gasteiger partial charge in [0.25, 0.3) is 13.4 Å². The molecule has 8 aliphatic rings. The van der Waals surface area contributed by atoms with Crippen LogP contribution >= 0.6 is 0 Å².